The first kappa shape index (κ1) is 18.0. The smallest absolute Gasteiger partial charge is 0.225 e. The van der Waals surface area contributed by atoms with Crippen LogP contribution in [0.4, 0.5) is 0 Å². The zero-order valence-electron chi connectivity index (χ0n) is 15.8. The zero-order valence-corrected chi connectivity index (χ0v) is 15.8. The third-order valence-electron chi connectivity index (χ3n) is 7.03. The van der Waals surface area contributed by atoms with E-state index in [1.54, 1.807) is 0 Å². The van der Waals surface area contributed by atoms with Crippen molar-refractivity contribution in [3.8, 4) is 0 Å². The molecule has 1 amide bonds. The van der Waals surface area contributed by atoms with Crippen LogP contribution in [0.3, 0.4) is 0 Å². The van der Waals surface area contributed by atoms with Crippen molar-refractivity contribution in [3.63, 3.8) is 0 Å². The number of benzene rings is 1. The second-order valence-corrected chi connectivity index (χ2v) is 8.74. The number of aliphatic hydroxyl groups excluding tert-OH is 1. The molecular formula is C22H32N2O2. The lowest BCUT2D eigenvalue weighted by atomic mass is 9.73. The van der Waals surface area contributed by atoms with E-state index >= 15 is 0 Å². The fourth-order valence-electron chi connectivity index (χ4n) is 5.42. The molecule has 0 aromatic heterocycles. The summed E-state index contributed by atoms with van der Waals surface area (Å²) in [6.45, 7) is 4.79. The van der Waals surface area contributed by atoms with Crippen LogP contribution in [0, 0.1) is 17.3 Å². The molecule has 2 aliphatic heterocycles. The number of carbonyl (C=O) groups excluding carboxylic acids is 1. The lowest BCUT2D eigenvalue weighted by molar-refractivity contribution is -0.140. The highest BCUT2D eigenvalue weighted by molar-refractivity contribution is 5.79. The Morgan fingerprint density at radius 2 is 1.88 bits per heavy atom. The minimum atomic E-state index is -0.0157. The molecule has 0 unspecified atom stereocenters. The van der Waals surface area contributed by atoms with Gasteiger partial charge < -0.3 is 10.0 Å². The molecule has 2 atom stereocenters. The molecule has 2 saturated heterocycles. The number of fused-ring (bicyclic) bond motifs is 1. The summed E-state index contributed by atoms with van der Waals surface area (Å²) >= 11 is 0. The Hall–Kier alpha value is -1.39. The van der Waals surface area contributed by atoms with Crippen molar-refractivity contribution in [2.45, 2.75) is 45.1 Å². The first-order chi connectivity index (χ1) is 12.7. The molecule has 4 heteroatoms. The molecule has 0 bridgehead atoms. The molecule has 3 aliphatic rings. The molecule has 4 nitrogen and oxygen atoms in total. The maximum absolute atomic E-state index is 13.0. The van der Waals surface area contributed by atoms with E-state index in [0.29, 0.717) is 11.8 Å². The fourth-order valence-corrected chi connectivity index (χ4v) is 5.42. The Kier molecular flexibility index (Phi) is 5.32. The first-order valence-electron chi connectivity index (χ1n) is 10.4. The summed E-state index contributed by atoms with van der Waals surface area (Å²) in [7, 11) is 0. The van der Waals surface area contributed by atoms with Crippen LogP contribution in [0.1, 0.15) is 44.1 Å². The predicted molar refractivity (Wildman–Crippen MR) is 102 cm³/mol. The van der Waals surface area contributed by atoms with Gasteiger partial charge in [0, 0.05) is 44.1 Å². The number of hydrogen-bond donors (Lipinski definition) is 1. The first-order valence-corrected chi connectivity index (χ1v) is 10.4. The number of rotatable bonds is 4. The van der Waals surface area contributed by atoms with Gasteiger partial charge in [0.15, 0.2) is 0 Å². The second kappa shape index (κ2) is 7.69. The van der Waals surface area contributed by atoms with Gasteiger partial charge in [0.1, 0.15) is 0 Å². The van der Waals surface area contributed by atoms with Crippen LogP contribution < -0.4 is 0 Å². The summed E-state index contributed by atoms with van der Waals surface area (Å²) in [6.07, 6.45) is 6.79. The Morgan fingerprint density at radius 3 is 2.62 bits per heavy atom. The number of nitrogens with zero attached hydrogens (tertiary/aromatic N) is 2. The highest BCUT2D eigenvalue weighted by Gasteiger charge is 2.50. The summed E-state index contributed by atoms with van der Waals surface area (Å²) in [4.78, 5) is 17.6. The maximum Gasteiger partial charge on any atom is 0.225 e. The van der Waals surface area contributed by atoms with Crippen molar-refractivity contribution < 1.29 is 9.90 Å². The van der Waals surface area contributed by atoms with Gasteiger partial charge in [0.05, 0.1) is 6.61 Å². The molecule has 2 heterocycles. The number of piperidine rings is 1. The van der Waals surface area contributed by atoms with Crippen molar-refractivity contribution in [2.24, 2.45) is 17.3 Å². The molecule has 0 spiro atoms. The normalized spacial score (nSPS) is 30.3. The van der Waals surface area contributed by atoms with E-state index in [2.05, 4.69) is 40.1 Å². The van der Waals surface area contributed by atoms with Crippen molar-refractivity contribution in [1.29, 1.82) is 0 Å². The van der Waals surface area contributed by atoms with E-state index in [9.17, 15) is 9.90 Å². The van der Waals surface area contributed by atoms with Gasteiger partial charge in [-0.15, -0.1) is 0 Å². The molecule has 4 rings (SSSR count). The largest absolute Gasteiger partial charge is 0.396 e. The van der Waals surface area contributed by atoms with Crippen molar-refractivity contribution in [1.82, 2.24) is 9.80 Å². The van der Waals surface area contributed by atoms with Crippen LogP contribution in [-0.2, 0) is 11.3 Å². The SMILES string of the molecule is O=C(C1CCCCC1)N1CC[C@@]2(CO)CN(Cc3ccccc3)C[C@H]2C1. The van der Waals surface area contributed by atoms with E-state index in [4.69, 9.17) is 0 Å². The quantitative estimate of drug-likeness (QED) is 0.902. The van der Waals surface area contributed by atoms with Crippen LogP contribution in [0.2, 0.25) is 0 Å². The highest BCUT2D eigenvalue weighted by atomic mass is 16.3. The summed E-state index contributed by atoms with van der Waals surface area (Å²) < 4.78 is 0. The summed E-state index contributed by atoms with van der Waals surface area (Å²) in [6, 6.07) is 10.6. The summed E-state index contributed by atoms with van der Waals surface area (Å²) in [5.74, 6) is 1.04. The Balaban J connectivity index is 1.41. The van der Waals surface area contributed by atoms with E-state index in [1.807, 2.05) is 0 Å². The van der Waals surface area contributed by atoms with Crippen LogP contribution in [0.15, 0.2) is 30.3 Å². The average molecular weight is 357 g/mol. The van der Waals surface area contributed by atoms with Crippen molar-refractivity contribution >= 4 is 5.91 Å². The molecule has 1 saturated carbocycles. The molecule has 1 N–H and O–H groups in total. The standard InChI is InChI=1S/C22H32N2O2/c25-17-22-11-12-24(21(26)19-9-5-2-6-10-19)15-20(22)14-23(16-22)13-18-7-3-1-4-8-18/h1,3-4,7-8,19-20,25H,2,5-6,9-17H2/t20-,22-/m0/s1. The van der Waals surface area contributed by atoms with Crippen LogP contribution >= 0.6 is 0 Å². The third kappa shape index (κ3) is 3.54. The van der Waals surface area contributed by atoms with E-state index in [-0.39, 0.29) is 17.9 Å². The molecule has 142 valence electrons. The number of amides is 1. The number of likely N-dealkylation sites (tertiary alicyclic amines) is 2. The molecule has 26 heavy (non-hydrogen) atoms. The Labute approximate surface area is 157 Å². The van der Waals surface area contributed by atoms with Gasteiger partial charge in [-0.3, -0.25) is 9.69 Å². The molecular weight excluding hydrogens is 324 g/mol. The van der Waals surface area contributed by atoms with Crippen LogP contribution in [0.5, 0.6) is 0 Å². The van der Waals surface area contributed by atoms with Gasteiger partial charge in [-0.05, 0) is 30.7 Å². The topological polar surface area (TPSA) is 43.8 Å². The number of aliphatic hydroxyl groups is 1. The second-order valence-electron chi connectivity index (χ2n) is 8.74. The number of hydrogen-bond acceptors (Lipinski definition) is 3. The van der Waals surface area contributed by atoms with Crippen molar-refractivity contribution in [2.75, 3.05) is 32.8 Å². The fraction of sp³-hybridized carbons (Fsp3) is 0.682. The van der Waals surface area contributed by atoms with Crippen LogP contribution in [0.25, 0.3) is 0 Å². The minimum absolute atomic E-state index is 0.0157. The minimum Gasteiger partial charge on any atom is -0.396 e. The van der Waals surface area contributed by atoms with Crippen LogP contribution in [-0.4, -0.2) is 53.6 Å². The van der Waals surface area contributed by atoms with Gasteiger partial charge in [-0.25, -0.2) is 0 Å². The molecule has 1 aliphatic carbocycles. The molecule has 0 radical (unpaired) electrons. The van der Waals surface area contributed by atoms with E-state index in [1.165, 1.54) is 24.8 Å². The van der Waals surface area contributed by atoms with E-state index < -0.39 is 0 Å². The van der Waals surface area contributed by atoms with Gasteiger partial charge in [-0.2, -0.15) is 0 Å². The lowest BCUT2D eigenvalue weighted by Gasteiger charge is -2.43. The van der Waals surface area contributed by atoms with E-state index in [0.717, 1.165) is 52.0 Å². The van der Waals surface area contributed by atoms with Gasteiger partial charge in [-0.1, -0.05) is 49.6 Å². The summed E-state index contributed by atoms with van der Waals surface area (Å²) in [5.41, 5.74) is 1.31. The van der Waals surface area contributed by atoms with Gasteiger partial charge in [0.25, 0.3) is 0 Å². The average Bonchev–Trinajstić information content (AvgIpc) is 3.06. The third-order valence-corrected chi connectivity index (χ3v) is 7.03. The Bertz CT molecular complexity index is 614. The monoisotopic (exact) mass is 356 g/mol. The summed E-state index contributed by atoms with van der Waals surface area (Å²) in [5, 5.41) is 10.2. The molecule has 1 aromatic carbocycles. The highest BCUT2D eigenvalue weighted by Crippen LogP contribution is 2.43. The van der Waals surface area contributed by atoms with Gasteiger partial charge >= 0.3 is 0 Å². The Morgan fingerprint density at radius 1 is 1.12 bits per heavy atom. The van der Waals surface area contributed by atoms with Gasteiger partial charge in [0.2, 0.25) is 5.91 Å². The maximum atomic E-state index is 13.0. The predicted octanol–water partition coefficient (Wildman–Crippen LogP) is 2.91. The lowest BCUT2D eigenvalue weighted by Crippen LogP contribution is -2.52. The molecule has 3 fully saturated rings. The number of carbonyl (C=O) groups is 1. The molecule has 1 aromatic rings. The zero-order chi connectivity index (χ0) is 18.0. The van der Waals surface area contributed by atoms with Crippen molar-refractivity contribution in [3.05, 3.63) is 35.9 Å².